The lowest BCUT2D eigenvalue weighted by Crippen LogP contribution is -1.95. The summed E-state index contributed by atoms with van der Waals surface area (Å²) < 4.78 is 0. The maximum absolute atomic E-state index is 5.71. The molecule has 0 aliphatic carbocycles. The van der Waals surface area contributed by atoms with Crippen molar-refractivity contribution in [2.75, 3.05) is 11.6 Å². The Hall–Kier alpha value is -0.780. The molecule has 3 nitrogen and oxygen atoms in total. The zero-order valence-electron chi connectivity index (χ0n) is 11.3. The van der Waals surface area contributed by atoms with Crippen molar-refractivity contribution in [3.05, 3.63) is 42.0 Å². The summed E-state index contributed by atoms with van der Waals surface area (Å²) in [5.41, 5.74) is 2.34. The van der Waals surface area contributed by atoms with Gasteiger partial charge in [0.15, 0.2) is 5.16 Å². The van der Waals surface area contributed by atoms with Crippen molar-refractivity contribution in [3.63, 3.8) is 0 Å². The molecule has 0 unspecified atom stereocenters. The Bertz CT molecular complexity index is 537. The predicted octanol–water partition coefficient (Wildman–Crippen LogP) is 4.19. The van der Waals surface area contributed by atoms with E-state index in [9.17, 15) is 0 Å². The lowest BCUT2D eigenvalue weighted by atomic mass is 10.2. The van der Waals surface area contributed by atoms with Crippen LogP contribution < -0.4 is 0 Å². The minimum Gasteiger partial charge on any atom is -0.260 e. The molecular formula is C14H16ClN3S2. The topological polar surface area (TPSA) is 38.7 Å². The Morgan fingerprint density at radius 3 is 2.65 bits per heavy atom. The molecule has 0 aliphatic rings. The second kappa shape index (κ2) is 8.49. The summed E-state index contributed by atoms with van der Waals surface area (Å²) in [5.74, 6) is 2.55. The molecule has 0 fully saturated rings. The van der Waals surface area contributed by atoms with Crippen molar-refractivity contribution in [1.29, 1.82) is 0 Å². The van der Waals surface area contributed by atoms with Gasteiger partial charge in [-0.3, -0.25) is 4.98 Å². The van der Waals surface area contributed by atoms with Gasteiger partial charge >= 0.3 is 0 Å². The van der Waals surface area contributed by atoms with Crippen LogP contribution in [0.3, 0.4) is 0 Å². The number of thioether (sulfide) groups is 2. The van der Waals surface area contributed by atoms with Crippen LogP contribution in [-0.4, -0.2) is 26.6 Å². The molecule has 0 spiro atoms. The van der Waals surface area contributed by atoms with Crippen LogP contribution in [0.1, 0.15) is 17.7 Å². The molecule has 6 heteroatoms. The van der Waals surface area contributed by atoms with E-state index in [0.717, 1.165) is 28.8 Å². The van der Waals surface area contributed by atoms with Crippen LogP contribution in [0.25, 0.3) is 0 Å². The number of nitrogens with zero attached hydrogens (tertiary/aromatic N) is 3. The van der Waals surface area contributed by atoms with Crippen LogP contribution in [-0.2, 0) is 5.75 Å². The molecule has 0 aromatic carbocycles. The average molecular weight is 326 g/mol. The third-order valence-corrected chi connectivity index (χ3v) is 5.07. The highest BCUT2D eigenvalue weighted by Crippen LogP contribution is 2.27. The van der Waals surface area contributed by atoms with Crippen molar-refractivity contribution in [1.82, 2.24) is 15.0 Å². The van der Waals surface area contributed by atoms with E-state index in [1.165, 1.54) is 10.5 Å². The van der Waals surface area contributed by atoms with E-state index in [1.807, 2.05) is 24.0 Å². The first-order chi connectivity index (χ1) is 9.81. The summed E-state index contributed by atoms with van der Waals surface area (Å²) >= 11 is 9.17. The molecule has 0 N–H and O–H groups in total. The molecule has 0 saturated heterocycles. The maximum Gasteiger partial charge on any atom is 0.187 e. The van der Waals surface area contributed by atoms with Crippen molar-refractivity contribution in [2.24, 2.45) is 0 Å². The van der Waals surface area contributed by atoms with Crippen LogP contribution in [0.2, 0.25) is 0 Å². The van der Waals surface area contributed by atoms with Gasteiger partial charge in [0.1, 0.15) is 0 Å². The minimum atomic E-state index is 0.713. The molecule has 2 heterocycles. The zero-order chi connectivity index (χ0) is 14.2. The van der Waals surface area contributed by atoms with Crippen LogP contribution in [0.15, 0.2) is 40.8 Å². The smallest absolute Gasteiger partial charge is 0.187 e. The van der Waals surface area contributed by atoms with E-state index in [-0.39, 0.29) is 0 Å². The van der Waals surface area contributed by atoms with Gasteiger partial charge in [0.2, 0.25) is 0 Å². The van der Waals surface area contributed by atoms with Crippen LogP contribution in [0, 0.1) is 6.92 Å². The Kier molecular flexibility index (Phi) is 6.63. The Labute approximate surface area is 133 Å². The molecule has 2 aromatic rings. The molecule has 0 amide bonds. The van der Waals surface area contributed by atoms with E-state index < -0.39 is 0 Å². The molecule has 0 radical (unpaired) electrons. The third kappa shape index (κ3) is 4.65. The Morgan fingerprint density at radius 2 is 1.90 bits per heavy atom. The van der Waals surface area contributed by atoms with E-state index in [0.29, 0.717) is 5.88 Å². The van der Waals surface area contributed by atoms with E-state index >= 15 is 0 Å². The number of hydrogen-bond acceptors (Lipinski definition) is 5. The molecule has 0 bridgehead atoms. The monoisotopic (exact) mass is 325 g/mol. The lowest BCUT2D eigenvalue weighted by Gasteiger charge is -2.09. The van der Waals surface area contributed by atoms with Crippen molar-refractivity contribution in [2.45, 2.75) is 29.1 Å². The van der Waals surface area contributed by atoms with Gasteiger partial charge in [-0.15, -0.1) is 23.4 Å². The first-order valence-corrected chi connectivity index (χ1v) is 8.85. The predicted molar refractivity (Wildman–Crippen MR) is 86.6 cm³/mol. The molecule has 106 valence electrons. The van der Waals surface area contributed by atoms with Crippen LogP contribution in [0.4, 0.5) is 0 Å². The summed E-state index contributed by atoms with van der Waals surface area (Å²) in [6.45, 7) is 2.12. The highest BCUT2D eigenvalue weighted by atomic mass is 35.5. The molecule has 20 heavy (non-hydrogen) atoms. The maximum atomic E-state index is 5.71. The summed E-state index contributed by atoms with van der Waals surface area (Å²) in [4.78, 5) is 14.2. The fraction of sp³-hybridized carbons (Fsp3) is 0.357. The standard InChI is InChI=1S/C14H16ClN3S2/c1-11-12(10-20-14-17-6-3-7-18-14)16-8-4-13(11)19-9-2-5-15/h3-4,6-8H,2,5,9-10H2,1H3. The average Bonchev–Trinajstić information content (AvgIpc) is 2.49. The van der Waals surface area contributed by atoms with Gasteiger partial charge in [-0.2, -0.15) is 0 Å². The minimum absolute atomic E-state index is 0.713. The summed E-state index contributed by atoms with van der Waals surface area (Å²) in [5, 5.41) is 0.786. The largest absolute Gasteiger partial charge is 0.260 e. The quantitative estimate of drug-likeness (QED) is 0.330. The number of hydrogen-bond donors (Lipinski definition) is 0. The second-order valence-electron chi connectivity index (χ2n) is 4.09. The van der Waals surface area contributed by atoms with Gasteiger partial charge in [0.05, 0.1) is 5.69 Å². The highest BCUT2D eigenvalue weighted by molar-refractivity contribution is 7.99. The number of aromatic nitrogens is 3. The fourth-order valence-electron chi connectivity index (χ4n) is 1.59. The van der Waals surface area contributed by atoms with Crippen LogP contribution >= 0.6 is 35.1 Å². The van der Waals surface area contributed by atoms with Crippen molar-refractivity contribution >= 4 is 35.1 Å². The highest BCUT2D eigenvalue weighted by Gasteiger charge is 2.07. The summed E-state index contributed by atoms with van der Waals surface area (Å²) in [7, 11) is 0. The third-order valence-electron chi connectivity index (χ3n) is 2.67. The summed E-state index contributed by atoms with van der Waals surface area (Å²) in [6.07, 6.45) is 6.41. The molecule has 2 aromatic heterocycles. The van der Waals surface area contributed by atoms with E-state index in [1.54, 1.807) is 24.2 Å². The van der Waals surface area contributed by atoms with Gasteiger partial charge in [-0.05, 0) is 36.8 Å². The van der Waals surface area contributed by atoms with Crippen LogP contribution in [0.5, 0.6) is 0 Å². The van der Waals surface area contributed by atoms with Crippen molar-refractivity contribution < 1.29 is 0 Å². The van der Waals surface area contributed by atoms with Gasteiger partial charge in [0, 0.05) is 35.1 Å². The van der Waals surface area contributed by atoms with Gasteiger partial charge in [-0.1, -0.05) is 11.8 Å². The zero-order valence-corrected chi connectivity index (χ0v) is 13.6. The lowest BCUT2D eigenvalue weighted by molar-refractivity contribution is 0.962. The number of rotatable bonds is 7. The SMILES string of the molecule is Cc1c(SCCCCl)ccnc1CSc1ncccn1. The van der Waals surface area contributed by atoms with Gasteiger partial charge in [-0.25, -0.2) is 9.97 Å². The molecule has 0 aliphatic heterocycles. The van der Waals surface area contributed by atoms with E-state index in [4.69, 9.17) is 11.6 Å². The molecule has 0 saturated carbocycles. The number of alkyl halides is 1. The second-order valence-corrected chi connectivity index (χ2v) is 6.55. The first kappa shape index (κ1) is 15.6. The van der Waals surface area contributed by atoms with E-state index in [2.05, 4.69) is 27.9 Å². The van der Waals surface area contributed by atoms with Crippen molar-refractivity contribution in [3.8, 4) is 0 Å². The van der Waals surface area contributed by atoms with Gasteiger partial charge < -0.3 is 0 Å². The Morgan fingerprint density at radius 1 is 1.10 bits per heavy atom. The first-order valence-electron chi connectivity index (χ1n) is 6.34. The summed E-state index contributed by atoms with van der Waals surface area (Å²) in [6, 6.07) is 3.89. The fourth-order valence-corrected chi connectivity index (χ4v) is 3.71. The number of halogens is 1. The number of pyridine rings is 1. The van der Waals surface area contributed by atoms with Gasteiger partial charge in [0.25, 0.3) is 0 Å². The molecule has 0 atom stereocenters. The molecule has 2 rings (SSSR count). The molecular weight excluding hydrogens is 310 g/mol. The Balaban J connectivity index is 1.99. The normalized spacial score (nSPS) is 10.7.